The summed E-state index contributed by atoms with van der Waals surface area (Å²) in [6, 6.07) is 0. The van der Waals surface area contributed by atoms with E-state index in [-0.39, 0.29) is 5.97 Å². The van der Waals surface area contributed by atoms with E-state index in [9.17, 15) is 4.79 Å². The summed E-state index contributed by atoms with van der Waals surface area (Å²) in [5.74, 6) is -0.374. The molecule has 0 amide bonds. The van der Waals surface area contributed by atoms with Crippen LogP contribution in [0.1, 0.15) is 27.7 Å². The van der Waals surface area contributed by atoms with Gasteiger partial charge in [-0.2, -0.15) is 0 Å². The van der Waals surface area contributed by atoms with Gasteiger partial charge in [-0.05, 0) is 39.9 Å². The Kier molecular flexibility index (Phi) is 1.91. The van der Waals surface area contributed by atoms with E-state index in [1.54, 1.807) is 27.7 Å². The molecule has 0 aromatic rings. The molecule has 0 aliphatic carbocycles. The highest BCUT2D eigenvalue weighted by atomic mass is 32.1. The lowest BCUT2D eigenvalue weighted by molar-refractivity contribution is -0.179. The van der Waals surface area contributed by atoms with Gasteiger partial charge in [0.05, 0.1) is 0 Å². The minimum atomic E-state index is -0.938. The van der Waals surface area contributed by atoms with Gasteiger partial charge in [0.2, 0.25) is 10.7 Å². The number of esters is 1. The Morgan fingerprint density at radius 2 is 1.58 bits per heavy atom. The zero-order valence-electron chi connectivity index (χ0n) is 7.63. The zero-order chi connectivity index (χ0) is 9.57. The highest BCUT2D eigenvalue weighted by molar-refractivity contribution is 7.80. The largest absolute Gasteiger partial charge is 0.465 e. The minimum absolute atomic E-state index is 0.326. The molecule has 1 fully saturated rings. The molecular formula is C8H12O3S. The van der Waals surface area contributed by atoms with Gasteiger partial charge in [0.1, 0.15) is 0 Å². The molecule has 0 bridgehead atoms. The molecule has 0 unspecified atom stereocenters. The summed E-state index contributed by atoms with van der Waals surface area (Å²) in [5, 5.41) is 0.326. The summed E-state index contributed by atoms with van der Waals surface area (Å²) in [6.45, 7) is 6.69. The first kappa shape index (κ1) is 9.45. The van der Waals surface area contributed by atoms with Crippen molar-refractivity contribution in [2.45, 2.75) is 38.9 Å². The van der Waals surface area contributed by atoms with Crippen LogP contribution in [0.25, 0.3) is 0 Å². The highest BCUT2D eigenvalue weighted by Gasteiger charge is 2.46. The molecule has 1 aliphatic rings. The number of rotatable bonds is 0. The van der Waals surface area contributed by atoms with Crippen molar-refractivity contribution in [3.8, 4) is 0 Å². The first-order valence-electron chi connectivity index (χ1n) is 3.72. The molecule has 0 spiro atoms. The van der Waals surface area contributed by atoms with Crippen LogP contribution < -0.4 is 0 Å². The fraction of sp³-hybridized carbons (Fsp3) is 0.750. The lowest BCUT2D eigenvalue weighted by Crippen LogP contribution is -2.54. The van der Waals surface area contributed by atoms with Crippen molar-refractivity contribution in [3.63, 3.8) is 0 Å². The molecule has 1 heterocycles. The molecule has 4 heteroatoms. The predicted molar refractivity (Wildman–Crippen MR) is 47.9 cm³/mol. The first-order chi connectivity index (χ1) is 5.26. The van der Waals surface area contributed by atoms with Gasteiger partial charge in [0, 0.05) is 0 Å². The van der Waals surface area contributed by atoms with Gasteiger partial charge in [-0.1, -0.05) is 0 Å². The summed E-state index contributed by atoms with van der Waals surface area (Å²) >= 11 is 4.94. The highest BCUT2D eigenvalue weighted by Crippen LogP contribution is 2.27. The van der Waals surface area contributed by atoms with Gasteiger partial charge in [0.25, 0.3) is 0 Å². The second kappa shape index (κ2) is 2.42. The quantitative estimate of drug-likeness (QED) is 0.425. The lowest BCUT2D eigenvalue weighted by Gasteiger charge is -2.38. The molecule has 0 aromatic carbocycles. The molecule has 68 valence electrons. The molecule has 12 heavy (non-hydrogen) atoms. The van der Waals surface area contributed by atoms with Gasteiger partial charge < -0.3 is 9.47 Å². The summed E-state index contributed by atoms with van der Waals surface area (Å²) in [4.78, 5) is 11.3. The topological polar surface area (TPSA) is 35.5 Å². The Morgan fingerprint density at radius 3 is 2.00 bits per heavy atom. The van der Waals surface area contributed by atoms with Crippen molar-refractivity contribution >= 4 is 23.2 Å². The Hall–Kier alpha value is -0.640. The molecule has 0 aromatic heterocycles. The lowest BCUT2D eigenvalue weighted by atomic mass is 10.0. The van der Waals surface area contributed by atoms with Crippen LogP contribution in [0.15, 0.2) is 0 Å². The van der Waals surface area contributed by atoms with Crippen molar-refractivity contribution in [2.24, 2.45) is 0 Å². The second-order valence-electron chi connectivity index (χ2n) is 3.80. The van der Waals surface area contributed by atoms with Crippen LogP contribution in [-0.2, 0) is 14.3 Å². The van der Waals surface area contributed by atoms with Gasteiger partial charge in [-0.15, -0.1) is 0 Å². The minimum Gasteiger partial charge on any atom is -0.465 e. The van der Waals surface area contributed by atoms with Crippen LogP contribution in [-0.4, -0.2) is 22.2 Å². The smallest absolute Gasteiger partial charge is 0.350 e. The van der Waals surface area contributed by atoms with Crippen molar-refractivity contribution in [3.05, 3.63) is 0 Å². The van der Waals surface area contributed by atoms with E-state index in [4.69, 9.17) is 21.7 Å². The SMILES string of the molecule is CC1(C)OC(=S)C(C)(C)OC1=O. The van der Waals surface area contributed by atoms with E-state index in [0.29, 0.717) is 5.05 Å². The van der Waals surface area contributed by atoms with Gasteiger partial charge >= 0.3 is 5.97 Å². The van der Waals surface area contributed by atoms with E-state index in [1.165, 1.54) is 0 Å². The predicted octanol–water partition coefficient (Wildman–Crippen LogP) is 1.44. The van der Waals surface area contributed by atoms with Crippen LogP contribution in [0.2, 0.25) is 0 Å². The summed E-state index contributed by atoms with van der Waals surface area (Å²) in [7, 11) is 0. The van der Waals surface area contributed by atoms with Gasteiger partial charge in [0.15, 0.2) is 5.60 Å². The Labute approximate surface area is 77.0 Å². The fourth-order valence-electron chi connectivity index (χ4n) is 0.793. The van der Waals surface area contributed by atoms with Crippen LogP contribution in [0.3, 0.4) is 0 Å². The van der Waals surface area contributed by atoms with Crippen molar-refractivity contribution in [2.75, 3.05) is 0 Å². The monoisotopic (exact) mass is 188 g/mol. The van der Waals surface area contributed by atoms with Crippen molar-refractivity contribution in [1.29, 1.82) is 0 Å². The number of hydrogen-bond donors (Lipinski definition) is 0. The maximum Gasteiger partial charge on any atom is 0.350 e. The summed E-state index contributed by atoms with van der Waals surface area (Å²) in [6.07, 6.45) is 0. The van der Waals surface area contributed by atoms with E-state index < -0.39 is 11.2 Å². The number of hydrogen-bond acceptors (Lipinski definition) is 4. The molecule has 0 N–H and O–H groups in total. The third-order valence-electron chi connectivity index (χ3n) is 1.68. The van der Waals surface area contributed by atoms with E-state index >= 15 is 0 Å². The fourth-order valence-corrected chi connectivity index (χ4v) is 1.04. The number of thiocarbonyl (C=S) groups is 1. The maximum absolute atomic E-state index is 11.3. The number of carbonyl (C=O) groups excluding carboxylic acids is 1. The average molecular weight is 188 g/mol. The zero-order valence-corrected chi connectivity index (χ0v) is 8.45. The Morgan fingerprint density at radius 1 is 1.08 bits per heavy atom. The van der Waals surface area contributed by atoms with E-state index in [1.807, 2.05) is 0 Å². The van der Waals surface area contributed by atoms with Crippen LogP contribution in [0, 0.1) is 0 Å². The number of carbonyl (C=O) groups is 1. The van der Waals surface area contributed by atoms with Gasteiger partial charge in [-0.3, -0.25) is 0 Å². The molecule has 0 saturated carbocycles. The Balaban J connectivity index is 2.91. The average Bonchev–Trinajstić information content (AvgIpc) is 1.82. The maximum atomic E-state index is 11.3. The van der Waals surface area contributed by atoms with E-state index in [2.05, 4.69) is 0 Å². The van der Waals surface area contributed by atoms with E-state index in [0.717, 1.165) is 0 Å². The van der Waals surface area contributed by atoms with Gasteiger partial charge in [-0.25, -0.2) is 4.79 Å². The third-order valence-corrected chi connectivity index (χ3v) is 2.25. The molecule has 1 saturated heterocycles. The molecular weight excluding hydrogens is 176 g/mol. The van der Waals surface area contributed by atoms with Crippen molar-refractivity contribution in [1.82, 2.24) is 0 Å². The van der Waals surface area contributed by atoms with Crippen LogP contribution >= 0.6 is 12.2 Å². The molecule has 1 rings (SSSR count). The molecule has 1 aliphatic heterocycles. The third kappa shape index (κ3) is 1.43. The van der Waals surface area contributed by atoms with Crippen LogP contribution in [0.4, 0.5) is 0 Å². The standard InChI is InChI=1S/C8H12O3S/c1-7(2)5(9)10-8(3,4)6(12)11-7/h1-4H3. The molecule has 0 radical (unpaired) electrons. The van der Waals surface area contributed by atoms with Crippen LogP contribution in [0.5, 0.6) is 0 Å². The molecule has 0 atom stereocenters. The summed E-state index contributed by atoms with van der Waals surface area (Å²) < 4.78 is 10.4. The van der Waals surface area contributed by atoms with Crippen molar-refractivity contribution < 1.29 is 14.3 Å². The second-order valence-corrected chi connectivity index (χ2v) is 4.17. The normalized spacial score (nSPS) is 26.0. The Bertz CT molecular complexity index is 217. The molecule has 3 nitrogen and oxygen atoms in total. The number of cyclic esters (lactones) is 1. The summed E-state index contributed by atoms with van der Waals surface area (Å²) in [5.41, 5.74) is -1.71. The number of ether oxygens (including phenoxy) is 2. The first-order valence-corrected chi connectivity index (χ1v) is 4.13.